The van der Waals surface area contributed by atoms with E-state index in [1.807, 2.05) is 0 Å². The number of sulfonamides is 1. The third-order valence-electron chi connectivity index (χ3n) is 4.29. The fraction of sp³-hybridized carbons (Fsp3) is 0.600. The number of nitrogens with zero attached hydrogens (tertiary/aromatic N) is 1. The van der Waals surface area contributed by atoms with E-state index in [0.717, 1.165) is 24.8 Å². The van der Waals surface area contributed by atoms with E-state index in [0.29, 0.717) is 12.5 Å². The topological polar surface area (TPSA) is 63.4 Å². The van der Waals surface area contributed by atoms with Gasteiger partial charge in [-0.1, -0.05) is 19.4 Å². The summed E-state index contributed by atoms with van der Waals surface area (Å²) in [4.78, 5) is -0.240. The van der Waals surface area contributed by atoms with Crippen molar-refractivity contribution in [1.82, 2.24) is 4.31 Å². The van der Waals surface area contributed by atoms with E-state index in [1.165, 1.54) is 16.4 Å². The Morgan fingerprint density at radius 3 is 2.76 bits per heavy atom. The Labute approximate surface area is 126 Å². The van der Waals surface area contributed by atoms with E-state index in [9.17, 15) is 12.8 Å². The van der Waals surface area contributed by atoms with Crippen molar-refractivity contribution in [2.45, 2.75) is 44.0 Å². The van der Waals surface area contributed by atoms with E-state index < -0.39 is 15.8 Å². The zero-order chi connectivity index (χ0) is 15.6. The van der Waals surface area contributed by atoms with Gasteiger partial charge in [0.25, 0.3) is 0 Å². The Kier molecular flexibility index (Phi) is 5.01. The fourth-order valence-corrected chi connectivity index (χ4v) is 4.76. The van der Waals surface area contributed by atoms with Gasteiger partial charge < -0.3 is 5.73 Å². The molecule has 118 valence electrons. The van der Waals surface area contributed by atoms with Crippen LogP contribution in [0.3, 0.4) is 0 Å². The second-order valence-corrected chi connectivity index (χ2v) is 7.60. The molecule has 1 aliphatic heterocycles. The predicted octanol–water partition coefficient (Wildman–Crippen LogP) is 2.27. The summed E-state index contributed by atoms with van der Waals surface area (Å²) in [5, 5.41) is 0. The van der Waals surface area contributed by atoms with Crippen molar-refractivity contribution in [2.75, 3.05) is 13.1 Å². The summed E-state index contributed by atoms with van der Waals surface area (Å²) in [5.74, 6) is -0.207. The summed E-state index contributed by atoms with van der Waals surface area (Å²) >= 11 is 0. The molecule has 0 radical (unpaired) electrons. The Balaban J connectivity index is 2.36. The Morgan fingerprint density at radius 1 is 1.43 bits per heavy atom. The number of benzene rings is 1. The highest BCUT2D eigenvalue weighted by Gasteiger charge is 2.36. The van der Waals surface area contributed by atoms with E-state index in [4.69, 9.17) is 5.73 Å². The maximum Gasteiger partial charge on any atom is 0.246 e. The van der Waals surface area contributed by atoms with Crippen molar-refractivity contribution in [1.29, 1.82) is 0 Å². The third kappa shape index (κ3) is 3.27. The van der Waals surface area contributed by atoms with Crippen LogP contribution in [-0.2, 0) is 10.0 Å². The van der Waals surface area contributed by atoms with Crippen LogP contribution in [0.25, 0.3) is 0 Å². The molecular weight excluding hydrogens is 291 g/mol. The number of hydrogen-bond donors (Lipinski definition) is 1. The van der Waals surface area contributed by atoms with E-state index in [2.05, 4.69) is 6.92 Å². The van der Waals surface area contributed by atoms with Crippen molar-refractivity contribution in [3.8, 4) is 0 Å². The first-order chi connectivity index (χ1) is 9.90. The number of aryl methyl sites for hydroxylation is 1. The summed E-state index contributed by atoms with van der Waals surface area (Å²) in [6.45, 7) is 4.53. The first-order valence-corrected chi connectivity index (χ1v) is 8.82. The van der Waals surface area contributed by atoms with Gasteiger partial charge in [-0.2, -0.15) is 4.31 Å². The zero-order valence-corrected chi connectivity index (χ0v) is 13.4. The number of hydrogen-bond acceptors (Lipinski definition) is 3. The number of rotatable bonds is 4. The molecule has 0 bridgehead atoms. The monoisotopic (exact) mass is 314 g/mol. The lowest BCUT2D eigenvalue weighted by Crippen LogP contribution is -2.49. The van der Waals surface area contributed by atoms with Gasteiger partial charge in [-0.3, -0.25) is 0 Å². The summed E-state index contributed by atoms with van der Waals surface area (Å²) in [5.41, 5.74) is 6.48. The van der Waals surface area contributed by atoms with Crippen molar-refractivity contribution in [3.05, 3.63) is 29.6 Å². The van der Waals surface area contributed by atoms with Crippen LogP contribution in [0.5, 0.6) is 0 Å². The van der Waals surface area contributed by atoms with E-state index in [1.54, 1.807) is 13.0 Å². The predicted molar refractivity (Wildman–Crippen MR) is 80.9 cm³/mol. The van der Waals surface area contributed by atoms with Crippen molar-refractivity contribution in [2.24, 2.45) is 11.7 Å². The van der Waals surface area contributed by atoms with E-state index in [-0.39, 0.29) is 17.5 Å². The largest absolute Gasteiger partial charge is 0.329 e. The molecule has 1 heterocycles. The van der Waals surface area contributed by atoms with Crippen LogP contribution >= 0.6 is 0 Å². The molecule has 2 unspecified atom stereocenters. The molecule has 1 saturated heterocycles. The molecule has 0 amide bonds. The van der Waals surface area contributed by atoms with Crippen LogP contribution in [0.1, 0.15) is 31.7 Å². The maximum atomic E-state index is 14.0. The van der Waals surface area contributed by atoms with Crippen LogP contribution in [0.2, 0.25) is 0 Å². The average Bonchev–Trinajstić information content (AvgIpc) is 2.48. The van der Waals surface area contributed by atoms with Gasteiger partial charge in [0.15, 0.2) is 0 Å². The Morgan fingerprint density at radius 2 is 2.14 bits per heavy atom. The van der Waals surface area contributed by atoms with Crippen LogP contribution in [0, 0.1) is 18.7 Å². The first kappa shape index (κ1) is 16.4. The molecule has 1 fully saturated rings. The van der Waals surface area contributed by atoms with Gasteiger partial charge >= 0.3 is 0 Å². The number of nitrogens with two attached hydrogens (primary N) is 1. The fourth-order valence-electron chi connectivity index (χ4n) is 2.95. The lowest BCUT2D eigenvalue weighted by molar-refractivity contribution is 0.197. The lowest BCUT2D eigenvalue weighted by atomic mass is 9.90. The molecule has 1 aromatic carbocycles. The highest BCUT2D eigenvalue weighted by molar-refractivity contribution is 7.89. The highest BCUT2D eigenvalue weighted by Crippen LogP contribution is 2.30. The molecule has 2 atom stereocenters. The van der Waals surface area contributed by atoms with Crippen LogP contribution in [-0.4, -0.2) is 31.9 Å². The molecule has 0 aromatic heterocycles. The van der Waals surface area contributed by atoms with Crippen molar-refractivity contribution < 1.29 is 12.8 Å². The smallest absolute Gasteiger partial charge is 0.246 e. The standard InChI is InChI=1S/C15H23FN2O2S/c1-3-12-6-7-18(13(9-12)10-17)21(19,20)15-8-11(2)4-5-14(15)16/h4-5,8,12-13H,3,6-7,9-10,17H2,1-2H3. The number of piperidine rings is 1. The zero-order valence-electron chi connectivity index (χ0n) is 12.5. The molecule has 6 heteroatoms. The van der Waals surface area contributed by atoms with Gasteiger partial charge in [-0.15, -0.1) is 0 Å². The number of halogens is 1. The van der Waals surface area contributed by atoms with Gasteiger partial charge in [-0.05, 0) is 43.4 Å². The summed E-state index contributed by atoms with van der Waals surface area (Å²) in [6.07, 6.45) is 2.57. The quantitative estimate of drug-likeness (QED) is 0.927. The van der Waals surface area contributed by atoms with Crippen LogP contribution in [0.15, 0.2) is 23.1 Å². The highest BCUT2D eigenvalue weighted by atomic mass is 32.2. The first-order valence-electron chi connectivity index (χ1n) is 7.38. The third-order valence-corrected chi connectivity index (χ3v) is 6.26. The summed E-state index contributed by atoms with van der Waals surface area (Å²) in [6, 6.07) is 3.93. The van der Waals surface area contributed by atoms with Gasteiger partial charge in [-0.25, -0.2) is 12.8 Å². The second-order valence-electron chi connectivity index (χ2n) is 5.74. The van der Waals surface area contributed by atoms with Crippen LogP contribution < -0.4 is 5.73 Å². The molecule has 2 N–H and O–H groups in total. The summed E-state index contributed by atoms with van der Waals surface area (Å²) < 4.78 is 40.9. The van der Waals surface area contributed by atoms with Gasteiger partial charge in [0.2, 0.25) is 10.0 Å². The van der Waals surface area contributed by atoms with E-state index >= 15 is 0 Å². The second kappa shape index (κ2) is 6.42. The minimum absolute atomic E-state index is 0.240. The molecule has 4 nitrogen and oxygen atoms in total. The Hall–Kier alpha value is -0.980. The minimum atomic E-state index is -3.83. The average molecular weight is 314 g/mol. The minimum Gasteiger partial charge on any atom is -0.329 e. The Bertz CT molecular complexity index is 604. The molecule has 0 aliphatic carbocycles. The SMILES string of the molecule is CCC1CCN(S(=O)(=O)c2cc(C)ccc2F)C(CN)C1. The molecule has 1 aromatic rings. The normalized spacial score (nSPS) is 24.2. The molecule has 1 aliphatic rings. The lowest BCUT2D eigenvalue weighted by Gasteiger charge is -2.37. The molecule has 0 spiro atoms. The molecular formula is C15H23FN2O2S. The summed E-state index contributed by atoms with van der Waals surface area (Å²) in [7, 11) is -3.83. The van der Waals surface area contributed by atoms with Crippen molar-refractivity contribution in [3.63, 3.8) is 0 Å². The van der Waals surface area contributed by atoms with Crippen molar-refractivity contribution >= 4 is 10.0 Å². The van der Waals surface area contributed by atoms with Gasteiger partial charge in [0.1, 0.15) is 10.7 Å². The molecule has 2 rings (SSSR count). The van der Waals surface area contributed by atoms with Gasteiger partial charge in [0, 0.05) is 19.1 Å². The maximum absolute atomic E-state index is 14.0. The molecule has 21 heavy (non-hydrogen) atoms. The van der Waals surface area contributed by atoms with Gasteiger partial charge in [0.05, 0.1) is 0 Å². The molecule has 0 saturated carbocycles. The van der Waals surface area contributed by atoms with Crippen LogP contribution in [0.4, 0.5) is 4.39 Å².